The van der Waals surface area contributed by atoms with Crippen LogP contribution in [-0.4, -0.2) is 25.2 Å². The van der Waals surface area contributed by atoms with Gasteiger partial charge in [0.25, 0.3) is 5.91 Å². The molecule has 156 valence electrons. The predicted octanol–water partition coefficient (Wildman–Crippen LogP) is 4.86. The van der Waals surface area contributed by atoms with Gasteiger partial charge in [-0.3, -0.25) is 4.79 Å². The van der Waals surface area contributed by atoms with E-state index in [4.69, 9.17) is 14.2 Å². The van der Waals surface area contributed by atoms with Crippen LogP contribution in [0.2, 0.25) is 0 Å². The van der Waals surface area contributed by atoms with E-state index in [1.807, 2.05) is 80.6 Å². The van der Waals surface area contributed by atoms with Gasteiger partial charge in [-0.15, -0.1) is 0 Å². The summed E-state index contributed by atoms with van der Waals surface area (Å²) in [6.07, 6.45) is 0.130. The van der Waals surface area contributed by atoms with Crippen molar-refractivity contribution in [2.75, 3.05) is 13.2 Å². The second-order valence-corrected chi connectivity index (χ2v) is 7.00. The van der Waals surface area contributed by atoms with Gasteiger partial charge in [0.05, 0.1) is 11.7 Å². The van der Waals surface area contributed by atoms with Crippen LogP contribution in [0.4, 0.5) is 0 Å². The Balaban J connectivity index is 1.50. The molecule has 0 fully saturated rings. The zero-order valence-electron chi connectivity index (χ0n) is 17.3. The summed E-state index contributed by atoms with van der Waals surface area (Å²) in [6.45, 7) is 5.14. The normalized spacial score (nSPS) is 10.5. The van der Waals surface area contributed by atoms with E-state index in [0.717, 1.165) is 17.1 Å². The van der Waals surface area contributed by atoms with E-state index in [0.29, 0.717) is 31.1 Å². The maximum Gasteiger partial charge on any atom is 0.255 e. The SMILES string of the molecule is CC(C)Oc1ccc(CNC(=O)c2ccccc2OCCOc2ccccc2)cc1. The molecule has 0 aromatic heterocycles. The summed E-state index contributed by atoms with van der Waals surface area (Å²) in [5.41, 5.74) is 1.49. The summed E-state index contributed by atoms with van der Waals surface area (Å²) in [4.78, 5) is 12.7. The van der Waals surface area contributed by atoms with E-state index in [2.05, 4.69) is 5.32 Å². The Bertz CT molecular complexity index is 923. The average molecular weight is 405 g/mol. The Morgan fingerprint density at radius 1 is 0.800 bits per heavy atom. The van der Waals surface area contributed by atoms with Crippen LogP contribution in [-0.2, 0) is 6.54 Å². The van der Waals surface area contributed by atoms with Crippen LogP contribution in [0.25, 0.3) is 0 Å². The van der Waals surface area contributed by atoms with Gasteiger partial charge < -0.3 is 19.5 Å². The number of carbonyl (C=O) groups excluding carboxylic acids is 1. The standard InChI is InChI=1S/C25H27NO4/c1-19(2)30-22-14-12-20(13-15-22)18-26-25(27)23-10-6-7-11-24(23)29-17-16-28-21-8-4-3-5-9-21/h3-15,19H,16-18H2,1-2H3,(H,26,27). The molecule has 5 nitrogen and oxygen atoms in total. The Morgan fingerprint density at radius 2 is 1.47 bits per heavy atom. The topological polar surface area (TPSA) is 56.8 Å². The lowest BCUT2D eigenvalue weighted by molar-refractivity contribution is 0.0945. The molecule has 0 heterocycles. The second kappa shape index (κ2) is 10.9. The van der Waals surface area contributed by atoms with E-state index < -0.39 is 0 Å². The van der Waals surface area contributed by atoms with Crippen LogP contribution < -0.4 is 19.5 Å². The van der Waals surface area contributed by atoms with Crippen molar-refractivity contribution in [1.29, 1.82) is 0 Å². The number of ether oxygens (including phenoxy) is 3. The molecule has 3 aromatic carbocycles. The molecule has 0 unspecified atom stereocenters. The molecule has 0 saturated carbocycles. The quantitative estimate of drug-likeness (QED) is 0.489. The van der Waals surface area contributed by atoms with Gasteiger partial charge in [0.15, 0.2) is 0 Å². The third kappa shape index (κ3) is 6.55. The van der Waals surface area contributed by atoms with Crippen molar-refractivity contribution in [1.82, 2.24) is 5.32 Å². The van der Waals surface area contributed by atoms with Crippen molar-refractivity contribution < 1.29 is 19.0 Å². The number of amides is 1. The molecule has 0 saturated heterocycles. The Kier molecular flexibility index (Phi) is 7.72. The molecule has 0 atom stereocenters. The van der Waals surface area contributed by atoms with Crippen molar-refractivity contribution >= 4 is 5.91 Å². The summed E-state index contributed by atoms with van der Waals surface area (Å²) in [5.74, 6) is 1.96. The molecule has 0 bridgehead atoms. The molecule has 1 N–H and O–H groups in total. The number of hydrogen-bond donors (Lipinski definition) is 1. The molecule has 3 rings (SSSR count). The molecule has 5 heteroatoms. The van der Waals surface area contributed by atoms with E-state index in [1.165, 1.54) is 0 Å². The smallest absolute Gasteiger partial charge is 0.255 e. The lowest BCUT2D eigenvalue weighted by Gasteiger charge is -2.13. The fraction of sp³-hybridized carbons (Fsp3) is 0.240. The van der Waals surface area contributed by atoms with Crippen molar-refractivity contribution in [3.05, 3.63) is 90.0 Å². The van der Waals surface area contributed by atoms with Crippen LogP contribution in [0.5, 0.6) is 17.2 Å². The number of rotatable bonds is 10. The zero-order valence-corrected chi connectivity index (χ0v) is 17.3. The highest BCUT2D eigenvalue weighted by molar-refractivity contribution is 5.96. The number of para-hydroxylation sites is 2. The summed E-state index contributed by atoms with van der Waals surface area (Å²) in [5, 5.41) is 2.94. The Labute approximate surface area is 177 Å². The fourth-order valence-electron chi connectivity index (χ4n) is 2.84. The van der Waals surface area contributed by atoms with Crippen LogP contribution in [0.1, 0.15) is 29.8 Å². The zero-order chi connectivity index (χ0) is 21.2. The fourth-order valence-corrected chi connectivity index (χ4v) is 2.84. The minimum Gasteiger partial charge on any atom is -0.491 e. The minimum absolute atomic E-state index is 0.130. The van der Waals surface area contributed by atoms with Crippen LogP contribution in [0.15, 0.2) is 78.9 Å². The maximum absolute atomic E-state index is 12.7. The Morgan fingerprint density at radius 3 is 2.20 bits per heavy atom. The highest BCUT2D eigenvalue weighted by Gasteiger charge is 2.12. The van der Waals surface area contributed by atoms with Crippen molar-refractivity contribution in [3.63, 3.8) is 0 Å². The average Bonchev–Trinajstić information content (AvgIpc) is 2.77. The first-order chi connectivity index (χ1) is 14.6. The third-order valence-corrected chi connectivity index (χ3v) is 4.23. The molecule has 0 aliphatic carbocycles. The van der Waals surface area contributed by atoms with Crippen LogP contribution in [0.3, 0.4) is 0 Å². The first-order valence-electron chi connectivity index (χ1n) is 10.1. The molecular weight excluding hydrogens is 378 g/mol. The van der Waals surface area contributed by atoms with E-state index in [1.54, 1.807) is 12.1 Å². The highest BCUT2D eigenvalue weighted by Crippen LogP contribution is 2.19. The van der Waals surface area contributed by atoms with Gasteiger partial charge in [-0.1, -0.05) is 42.5 Å². The Hall–Kier alpha value is -3.47. The maximum atomic E-state index is 12.7. The highest BCUT2D eigenvalue weighted by atomic mass is 16.5. The molecular formula is C25H27NO4. The van der Waals surface area contributed by atoms with Crippen molar-refractivity contribution in [2.24, 2.45) is 0 Å². The first kappa shape index (κ1) is 21.2. The van der Waals surface area contributed by atoms with E-state index in [9.17, 15) is 4.79 Å². The summed E-state index contributed by atoms with van der Waals surface area (Å²) in [7, 11) is 0. The summed E-state index contributed by atoms with van der Waals surface area (Å²) < 4.78 is 17.1. The minimum atomic E-state index is -0.183. The van der Waals surface area contributed by atoms with Gasteiger partial charge in [-0.05, 0) is 55.8 Å². The molecule has 1 amide bonds. The van der Waals surface area contributed by atoms with Crippen molar-refractivity contribution in [3.8, 4) is 17.2 Å². The number of carbonyl (C=O) groups is 1. The first-order valence-corrected chi connectivity index (χ1v) is 10.1. The van der Waals surface area contributed by atoms with Gasteiger partial charge in [-0.2, -0.15) is 0 Å². The lowest BCUT2D eigenvalue weighted by atomic mass is 10.1. The van der Waals surface area contributed by atoms with Gasteiger partial charge >= 0.3 is 0 Å². The van der Waals surface area contributed by atoms with Gasteiger partial charge in [-0.25, -0.2) is 0 Å². The van der Waals surface area contributed by atoms with E-state index >= 15 is 0 Å². The molecule has 0 aliphatic rings. The second-order valence-electron chi connectivity index (χ2n) is 7.00. The molecule has 0 aliphatic heterocycles. The van der Waals surface area contributed by atoms with Gasteiger partial charge in [0, 0.05) is 6.54 Å². The molecule has 30 heavy (non-hydrogen) atoms. The molecule has 3 aromatic rings. The summed E-state index contributed by atoms with van der Waals surface area (Å²) >= 11 is 0. The monoisotopic (exact) mass is 405 g/mol. The largest absolute Gasteiger partial charge is 0.491 e. The van der Waals surface area contributed by atoms with Crippen LogP contribution >= 0.6 is 0 Å². The number of benzene rings is 3. The van der Waals surface area contributed by atoms with Crippen LogP contribution in [0, 0.1) is 0 Å². The van der Waals surface area contributed by atoms with Gasteiger partial charge in [0.1, 0.15) is 30.5 Å². The van der Waals surface area contributed by atoms with Crippen molar-refractivity contribution in [2.45, 2.75) is 26.5 Å². The molecule has 0 radical (unpaired) electrons. The predicted molar refractivity (Wildman–Crippen MR) is 117 cm³/mol. The summed E-state index contributed by atoms with van der Waals surface area (Å²) in [6, 6.07) is 24.5. The van der Waals surface area contributed by atoms with E-state index in [-0.39, 0.29) is 12.0 Å². The number of hydrogen-bond acceptors (Lipinski definition) is 4. The lowest BCUT2D eigenvalue weighted by Crippen LogP contribution is -2.23. The molecule has 0 spiro atoms. The van der Waals surface area contributed by atoms with Gasteiger partial charge in [0.2, 0.25) is 0 Å². The number of nitrogens with one attached hydrogen (secondary N) is 1. The third-order valence-electron chi connectivity index (χ3n) is 4.23.